The average Bonchev–Trinajstić information content (AvgIpc) is 2.62. The highest BCUT2D eigenvalue weighted by Crippen LogP contribution is 2.35. The summed E-state index contributed by atoms with van der Waals surface area (Å²) in [5, 5.41) is 3.36. The summed E-state index contributed by atoms with van der Waals surface area (Å²) in [6.45, 7) is 2.04. The molecule has 1 aliphatic rings. The van der Waals surface area contributed by atoms with Gasteiger partial charge in [0.15, 0.2) is 0 Å². The predicted octanol–water partition coefficient (Wildman–Crippen LogP) is 3.92. The average molecular weight is 350 g/mol. The SMILES string of the molecule is COc1ccc(OC)c(-c2cccc(OC3CCNCC3)c2)c1.Cl. The van der Waals surface area contributed by atoms with Gasteiger partial charge >= 0.3 is 0 Å². The van der Waals surface area contributed by atoms with Crippen LogP contribution in [0.5, 0.6) is 17.2 Å². The van der Waals surface area contributed by atoms with E-state index in [1.165, 1.54) is 0 Å². The molecular formula is C19H24ClNO3. The van der Waals surface area contributed by atoms with Crippen LogP contribution in [0.15, 0.2) is 42.5 Å². The Kier molecular flexibility index (Phi) is 6.76. The molecule has 130 valence electrons. The maximum atomic E-state index is 6.14. The van der Waals surface area contributed by atoms with E-state index in [2.05, 4.69) is 17.4 Å². The lowest BCUT2D eigenvalue weighted by molar-refractivity contribution is 0.162. The molecule has 0 radical (unpaired) electrons. The minimum absolute atomic E-state index is 0. The highest BCUT2D eigenvalue weighted by atomic mass is 35.5. The zero-order valence-electron chi connectivity index (χ0n) is 14.1. The van der Waals surface area contributed by atoms with Crippen LogP contribution in [0.3, 0.4) is 0 Å². The van der Waals surface area contributed by atoms with E-state index < -0.39 is 0 Å². The molecule has 2 aromatic rings. The van der Waals surface area contributed by atoms with Crippen LogP contribution in [0, 0.1) is 0 Å². The number of hydrogen-bond acceptors (Lipinski definition) is 4. The number of piperidine rings is 1. The van der Waals surface area contributed by atoms with Crippen molar-refractivity contribution in [1.29, 1.82) is 0 Å². The van der Waals surface area contributed by atoms with Crippen molar-refractivity contribution in [3.05, 3.63) is 42.5 Å². The van der Waals surface area contributed by atoms with Gasteiger partial charge in [-0.1, -0.05) is 12.1 Å². The smallest absolute Gasteiger partial charge is 0.126 e. The van der Waals surface area contributed by atoms with Gasteiger partial charge < -0.3 is 19.5 Å². The first-order chi connectivity index (χ1) is 11.3. The number of halogens is 1. The van der Waals surface area contributed by atoms with Crippen molar-refractivity contribution >= 4 is 12.4 Å². The van der Waals surface area contributed by atoms with E-state index in [1.54, 1.807) is 14.2 Å². The van der Waals surface area contributed by atoms with Crippen molar-refractivity contribution in [2.45, 2.75) is 18.9 Å². The molecule has 5 heteroatoms. The monoisotopic (exact) mass is 349 g/mol. The van der Waals surface area contributed by atoms with Gasteiger partial charge in [0.05, 0.1) is 14.2 Å². The molecule has 1 heterocycles. The van der Waals surface area contributed by atoms with Crippen LogP contribution >= 0.6 is 12.4 Å². The first kappa shape index (κ1) is 18.4. The molecule has 4 nitrogen and oxygen atoms in total. The van der Waals surface area contributed by atoms with Crippen molar-refractivity contribution in [2.75, 3.05) is 27.3 Å². The Bertz CT molecular complexity index is 657. The number of benzene rings is 2. The molecule has 1 saturated heterocycles. The third-order valence-corrected chi connectivity index (χ3v) is 4.14. The third kappa shape index (κ3) is 4.34. The Hall–Kier alpha value is -1.91. The number of methoxy groups -OCH3 is 2. The molecule has 2 aromatic carbocycles. The Morgan fingerprint density at radius 1 is 0.917 bits per heavy atom. The topological polar surface area (TPSA) is 39.7 Å². The van der Waals surface area contributed by atoms with Crippen molar-refractivity contribution in [3.63, 3.8) is 0 Å². The van der Waals surface area contributed by atoms with Gasteiger partial charge in [0, 0.05) is 5.56 Å². The van der Waals surface area contributed by atoms with Gasteiger partial charge in [0.1, 0.15) is 23.4 Å². The number of nitrogens with one attached hydrogen (secondary N) is 1. The number of rotatable bonds is 5. The fourth-order valence-electron chi connectivity index (χ4n) is 2.88. The lowest BCUT2D eigenvalue weighted by Crippen LogP contribution is -2.34. The summed E-state index contributed by atoms with van der Waals surface area (Å²) in [5.41, 5.74) is 2.06. The molecule has 0 aliphatic carbocycles. The van der Waals surface area contributed by atoms with Crippen molar-refractivity contribution in [2.24, 2.45) is 0 Å². The summed E-state index contributed by atoms with van der Waals surface area (Å²) in [6.07, 6.45) is 2.39. The standard InChI is InChI=1S/C19H23NO3.ClH/c1-21-16-6-7-19(22-2)18(13-16)14-4-3-5-17(12-14)23-15-8-10-20-11-9-15;/h3-7,12-13,15,20H,8-11H2,1-2H3;1H. The van der Waals surface area contributed by atoms with Gasteiger partial charge in [-0.15, -0.1) is 12.4 Å². The second-order valence-electron chi connectivity index (χ2n) is 5.66. The molecule has 1 N–H and O–H groups in total. The minimum atomic E-state index is 0. The molecule has 0 atom stereocenters. The van der Waals surface area contributed by atoms with Crippen LogP contribution in [0.1, 0.15) is 12.8 Å². The lowest BCUT2D eigenvalue weighted by Gasteiger charge is -2.24. The highest BCUT2D eigenvalue weighted by Gasteiger charge is 2.15. The molecule has 0 amide bonds. The second kappa shape index (κ2) is 8.81. The largest absolute Gasteiger partial charge is 0.497 e. The molecule has 1 aliphatic heterocycles. The molecule has 0 spiro atoms. The molecule has 0 aromatic heterocycles. The Morgan fingerprint density at radius 3 is 2.42 bits per heavy atom. The van der Waals surface area contributed by atoms with Crippen molar-refractivity contribution < 1.29 is 14.2 Å². The van der Waals surface area contributed by atoms with E-state index in [0.29, 0.717) is 6.10 Å². The van der Waals surface area contributed by atoms with E-state index in [4.69, 9.17) is 14.2 Å². The van der Waals surface area contributed by atoms with Crippen LogP contribution in [0.4, 0.5) is 0 Å². The van der Waals surface area contributed by atoms with Crippen molar-refractivity contribution in [3.8, 4) is 28.4 Å². The Morgan fingerprint density at radius 2 is 1.71 bits per heavy atom. The van der Waals surface area contributed by atoms with Gasteiger partial charge in [-0.25, -0.2) is 0 Å². The summed E-state index contributed by atoms with van der Waals surface area (Å²) in [5.74, 6) is 2.54. The third-order valence-electron chi connectivity index (χ3n) is 4.14. The Balaban J connectivity index is 0.00000208. The zero-order valence-corrected chi connectivity index (χ0v) is 14.9. The first-order valence-corrected chi connectivity index (χ1v) is 8.00. The van der Waals surface area contributed by atoms with E-state index in [1.807, 2.05) is 30.3 Å². The van der Waals surface area contributed by atoms with Gasteiger partial charge in [0.25, 0.3) is 0 Å². The summed E-state index contributed by atoms with van der Waals surface area (Å²) in [4.78, 5) is 0. The van der Waals surface area contributed by atoms with Crippen LogP contribution < -0.4 is 19.5 Å². The van der Waals surface area contributed by atoms with Crippen LogP contribution in [-0.4, -0.2) is 33.4 Å². The quantitative estimate of drug-likeness (QED) is 0.888. The minimum Gasteiger partial charge on any atom is -0.497 e. The number of hydrogen-bond donors (Lipinski definition) is 1. The maximum Gasteiger partial charge on any atom is 0.126 e. The molecular weight excluding hydrogens is 326 g/mol. The molecule has 0 bridgehead atoms. The molecule has 0 unspecified atom stereocenters. The van der Waals surface area contributed by atoms with Gasteiger partial charge in [-0.2, -0.15) is 0 Å². The normalized spacial score (nSPS) is 14.6. The van der Waals surface area contributed by atoms with E-state index in [-0.39, 0.29) is 12.4 Å². The summed E-state index contributed by atoms with van der Waals surface area (Å²) in [7, 11) is 3.35. The highest BCUT2D eigenvalue weighted by molar-refractivity contribution is 5.85. The summed E-state index contributed by atoms with van der Waals surface area (Å²) in [6, 6.07) is 14.0. The lowest BCUT2D eigenvalue weighted by atomic mass is 10.0. The second-order valence-corrected chi connectivity index (χ2v) is 5.66. The maximum absolute atomic E-state index is 6.14. The van der Waals surface area contributed by atoms with Crippen LogP contribution in [0.25, 0.3) is 11.1 Å². The fourth-order valence-corrected chi connectivity index (χ4v) is 2.88. The number of ether oxygens (including phenoxy) is 3. The molecule has 3 rings (SSSR count). The van der Waals surface area contributed by atoms with Crippen LogP contribution in [0.2, 0.25) is 0 Å². The van der Waals surface area contributed by atoms with E-state index >= 15 is 0 Å². The summed E-state index contributed by atoms with van der Waals surface area (Å²) < 4.78 is 17.0. The van der Waals surface area contributed by atoms with Gasteiger partial charge in [-0.05, 0) is 61.8 Å². The molecule has 1 fully saturated rings. The van der Waals surface area contributed by atoms with E-state index in [0.717, 1.165) is 54.3 Å². The van der Waals surface area contributed by atoms with Crippen molar-refractivity contribution in [1.82, 2.24) is 5.32 Å². The summed E-state index contributed by atoms with van der Waals surface area (Å²) >= 11 is 0. The van der Waals surface area contributed by atoms with Gasteiger partial charge in [0.2, 0.25) is 0 Å². The zero-order chi connectivity index (χ0) is 16.1. The molecule has 0 saturated carbocycles. The first-order valence-electron chi connectivity index (χ1n) is 8.00. The van der Waals surface area contributed by atoms with Gasteiger partial charge in [-0.3, -0.25) is 0 Å². The van der Waals surface area contributed by atoms with E-state index in [9.17, 15) is 0 Å². The molecule has 24 heavy (non-hydrogen) atoms. The van der Waals surface area contributed by atoms with Crippen LogP contribution in [-0.2, 0) is 0 Å². The predicted molar refractivity (Wildman–Crippen MR) is 98.7 cm³/mol. The fraction of sp³-hybridized carbons (Fsp3) is 0.368. The Labute approximate surface area is 149 Å².